The largest absolute Gasteiger partial charge is 0.394 e. The summed E-state index contributed by atoms with van der Waals surface area (Å²) in [6.07, 6.45) is 0. The molecule has 2 aromatic carbocycles. The molecule has 3 aromatic rings. The molecule has 7 nitrogen and oxygen atoms in total. The minimum atomic E-state index is -0.123. The van der Waals surface area contributed by atoms with Gasteiger partial charge in [-0.25, -0.2) is 4.98 Å². The van der Waals surface area contributed by atoms with E-state index < -0.39 is 0 Å². The Morgan fingerprint density at radius 2 is 1.72 bits per heavy atom. The third-order valence-corrected chi connectivity index (χ3v) is 5.63. The lowest BCUT2D eigenvalue weighted by Crippen LogP contribution is -2.36. The standard InChI is InChI=1S/C25H31N5O2/c1-18(2)23(17-31)28-25-27-22(19-6-4-3-5-7-19)16-24(29-25)26-20-8-10-21(11-9-20)30-12-14-32-15-13-30/h3-11,16,18,23,31H,12-15,17H2,1-2H3,(H2,26,27,28,29)/t23-/m1/s1. The summed E-state index contributed by atoms with van der Waals surface area (Å²) >= 11 is 0. The fourth-order valence-electron chi connectivity index (χ4n) is 3.65. The van der Waals surface area contributed by atoms with Crippen LogP contribution in [0.15, 0.2) is 60.7 Å². The number of aliphatic hydroxyl groups is 1. The molecule has 168 valence electrons. The molecule has 1 saturated heterocycles. The zero-order chi connectivity index (χ0) is 22.3. The first-order valence-electron chi connectivity index (χ1n) is 11.1. The number of hydrogen-bond donors (Lipinski definition) is 3. The summed E-state index contributed by atoms with van der Waals surface area (Å²) in [5.74, 6) is 1.43. The number of aliphatic hydroxyl groups excluding tert-OH is 1. The topological polar surface area (TPSA) is 82.5 Å². The fourth-order valence-corrected chi connectivity index (χ4v) is 3.65. The van der Waals surface area contributed by atoms with Crippen molar-refractivity contribution in [2.75, 3.05) is 48.4 Å². The van der Waals surface area contributed by atoms with Gasteiger partial charge in [-0.05, 0) is 30.2 Å². The van der Waals surface area contributed by atoms with Gasteiger partial charge in [-0.15, -0.1) is 0 Å². The van der Waals surface area contributed by atoms with Gasteiger partial charge in [-0.2, -0.15) is 4.98 Å². The molecule has 0 amide bonds. The van der Waals surface area contributed by atoms with Crippen molar-refractivity contribution in [3.63, 3.8) is 0 Å². The molecule has 0 aliphatic carbocycles. The lowest BCUT2D eigenvalue weighted by molar-refractivity contribution is 0.122. The van der Waals surface area contributed by atoms with Crippen molar-refractivity contribution in [1.82, 2.24) is 9.97 Å². The van der Waals surface area contributed by atoms with E-state index in [-0.39, 0.29) is 18.6 Å². The quantitative estimate of drug-likeness (QED) is 0.492. The SMILES string of the molecule is CC(C)[C@@H](CO)Nc1nc(Nc2ccc(N3CCOCC3)cc2)cc(-c2ccccc2)n1. The minimum Gasteiger partial charge on any atom is -0.394 e. The summed E-state index contributed by atoms with van der Waals surface area (Å²) in [4.78, 5) is 11.7. The van der Waals surface area contributed by atoms with Crippen molar-refractivity contribution < 1.29 is 9.84 Å². The third kappa shape index (κ3) is 5.55. The van der Waals surface area contributed by atoms with Crippen LogP contribution >= 0.6 is 0 Å². The first-order valence-corrected chi connectivity index (χ1v) is 11.1. The number of ether oxygens (including phenoxy) is 1. The molecule has 1 aromatic heterocycles. The third-order valence-electron chi connectivity index (χ3n) is 5.63. The smallest absolute Gasteiger partial charge is 0.225 e. The summed E-state index contributed by atoms with van der Waals surface area (Å²) in [5, 5.41) is 16.4. The van der Waals surface area contributed by atoms with E-state index in [0.717, 1.165) is 43.2 Å². The molecule has 1 atom stereocenters. The van der Waals surface area contributed by atoms with Gasteiger partial charge >= 0.3 is 0 Å². The van der Waals surface area contributed by atoms with Crippen LogP contribution < -0.4 is 15.5 Å². The second kappa shape index (κ2) is 10.4. The zero-order valence-electron chi connectivity index (χ0n) is 18.7. The summed E-state index contributed by atoms with van der Waals surface area (Å²) in [5.41, 5.74) is 3.97. The molecule has 0 spiro atoms. The summed E-state index contributed by atoms with van der Waals surface area (Å²) in [6.45, 7) is 7.50. The van der Waals surface area contributed by atoms with Gasteiger partial charge < -0.3 is 25.4 Å². The van der Waals surface area contributed by atoms with Crippen LogP contribution in [-0.4, -0.2) is 54.0 Å². The van der Waals surface area contributed by atoms with Crippen molar-refractivity contribution in [1.29, 1.82) is 0 Å². The number of morpholine rings is 1. The molecule has 32 heavy (non-hydrogen) atoms. The van der Waals surface area contributed by atoms with Gasteiger partial charge in [0.25, 0.3) is 0 Å². The predicted octanol–water partition coefficient (Wildman–Crippen LogP) is 4.15. The Hall–Kier alpha value is -3.16. The average molecular weight is 434 g/mol. The van der Waals surface area contributed by atoms with Crippen molar-refractivity contribution >= 4 is 23.1 Å². The molecule has 0 radical (unpaired) electrons. The monoisotopic (exact) mass is 433 g/mol. The van der Waals surface area contributed by atoms with Crippen molar-refractivity contribution in [3.8, 4) is 11.3 Å². The van der Waals surface area contributed by atoms with Gasteiger partial charge in [0.05, 0.1) is 31.6 Å². The Balaban J connectivity index is 1.58. The Labute approximate surface area is 189 Å². The molecule has 0 saturated carbocycles. The number of benzene rings is 2. The van der Waals surface area contributed by atoms with E-state index in [0.29, 0.717) is 11.8 Å². The van der Waals surface area contributed by atoms with Crippen LogP contribution in [0, 0.1) is 5.92 Å². The molecule has 0 unspecified atom stereocenters. The summed E-state index contributed by atoms with van der Waals surface area (Å²) in [6, 6.07) is 20.2. The van der Waals surface area contributed by atoms with E-state index in [4.69, 9.17) is 9.72 Å². The molecule has 4 rings (SSSR count). The molecule has 7 heteroatoms. The Morgan fingerprint density at radius 3 is 2.38 bits per heavy atom. The molecule has 0 bridgehead atoms. The lowest BCUT2D eigenvalue weighted by atomic mass is 10.1. The van der Waals surface area contributed by atoms with Crippen LogP contribution in [0.1, 0.15) is 13.8 Å². The number of nitrogens with zero attached hydrogens (tertiary/aromatic N) is 3. The predicted molar refractivity (Wildman–Crippen MR) is 130 cm³/mol. The van der Waals surface area contributed by atoms with Crippen LogP contribution in [0.25, 0.3) is 11.3 Å². The average Bonchev–Trinajstić information content (AvgIpc) is 2.84. The first-order chi connectivity index (χ1) is 15.6. The van der Waals surface area contributed by atoms with E-state index >= 15 is 0 Å². The molecule has 1 aliphatic rings. The van der Waals surface area contributed by atoms with Gasteiger partial charge in [0.2, 0.25) is 5.95 Å². The molecule has 1 aliphatic heterocycles. The summed E-state index contributed by atoms with van der Waals surface area (Å²) < 4.78 is 5.44. The lowest BCUT2D eigenvalue weighted by Gasteiger charge is -2.28. The number of aromatic nitrogens is 2. The van der Waals surface area contributed by atoms with Gasteiger partial charge in [0.1, 0.15) is 5.82 Å². The van der Waals surface area contributed by atoms with E-state index in [9.17, 15) is 5.11 Å². The Morgan fingerprint density at radius 1 is 1.00 bits per heavy atom. The van der Waals surface area contributed by atoms with Gasteiger partial charge in [-0.1, -0.05) is 44.2 Å². The highest BCUT2D eigenvalue weighted by Crippen LogP contribution is 2.26. The second-order valence-electron chi connectivity index (χ2n) is 8.28. The van der Waals surface area contributed by atoms with Gasteiger partial charge in [0.15, 0.2) is 0 Å². The van der Waals surface area contributed by atoms with Crippen LogP contribution in [0.2, 0.25) is 0 Å². The molecule has 1 fully saturated rings. The normalized spacial score (nSPS) is 14.9. The van der Waals surface area contributed by atoms with Gasteiger partial charge in [-0.3, -0.25) is 0 Å². The van der Waals surface area contributed by atoms with E-state index in [1.165, 1.54) is 5.69 Å². The zero-order valence-corrected chi connectivity index (χ0v) is 18.7. The maximum Gasteiger partial charge on any atom is 0.225 e. The maximum atomic E-state index is 9.74. The van der Waals surface area contributed by atoms with Crippen LogP contribution in [-0.2, 0) is 4.74 Å². The highest BCUT2D eigenvalue weighted by molar-refractivity contribution is 5.68. The maximum absolute atomic E-state index is 9.74. The van der Waals surface area contributed by atoms with Crippen LogP contribution in [0.5, 0.6) is 0 Å². The van der Waals surface area contributed by atoms with Crippen LogP contribution in [0.3, 0.4) is 0 Å². The molecular formula is C25H31N5O2. The number of anilines is 4. The minimum absolute atomic E-state index is 0.0162. The number of hydrogen-bond acceptors (Lipinski definition) is 7. The van der Waals surface area contributed by atoms with Crippen LogP contribution in [0.4, 0.5) is 23.1 Å². The fraction of sp³-hybridized carbons (Fsp3) is 0.360. The number of nitrogens with one attached hydrogen (secondary N) is 2. The van der Waals surface area contributed by atoms with E-state index in [1.807, 2.05) is 36.4 Å². The molecule has 2 heterocycles. The summed E-state index contributed by atoms with van der Waals surface area (Å²) in [7, 11) is 0. The Bertz CT molecular complexity index is 989. The van der Waals surface area contributed by atoms with Crippen molar-refractivity contribution in [2.45, 2.75) is 19.9 Å². The molecular weight excluding hydrogens is 402 g/mol. The first kappa shape index (κ1) is 22.0. The second-order valence-corrected chi connectivity index (χ2v) is 8.28. The van der Waals surface area contributed by atoms with E-state index in [2.05, 4.69) is 58.6 Å². The highest BCUT2D eigenvalue weighted by atomic mass is 16.5. The Kier molecular flexibility index (Phi) is 7.19. The molecule has 3 N–H and O–H groups in total. The van der Waals surface area contributed by atoms with Crippen molar-refractivity contribution in [2.24, 2.45) is 5.92 Å². The highest BCUT2D eigenvalue weighted by Gasteiger charge is 2.15. The number of rotatable bonds is 8. The van der Waals surface area contributed by atoms with E-state index in [1.54, 1.807) is 0 Å². The van der Waals surface area contributed by atoms with Gasteiger partial charge in [0, 0.05) is 36.1 Å². The van der Waals surface area contributed by atoms with Crippen molar-refractivity contribution in [3.05, 3.63) is 60.7 Å².